The second-order valence-electron chi connectivity index (χ2n) is 8.50. The Morgan fingerprint density at radius 2 is 1.30 bits per heavy atom. The molecule has 112 valence electrons. The lowest BCUT2D eigenvalue weighted by Crippen LogP contribution is -2.55. The molecule has 0 aliphatic carbocycles. The summed E-state index contributed by atoms with van der Waals surface area (Å²) in [5.74, 6) is 0. The SMILES string of the molecule is C[Si](C)(C)[C@@H]1CC[C@@H]([Si](C)(C)C)N1Cc1ccccc1. The number of hydrogen-bond acceptors (Lipinski definition) is 1. The van der Waals surface area contributed by atoms with Gasteiger partial charge in [0.2, 0.25) is 0 Å². The van der Waals surface area contributed by atoms with Crippen LogP contribution in [0.4, 0.5) is 0 Å². The standard InChI is InChI=1S/C17H31NSi2/c1-19(2,3)16-12-13-17(20(4,5)6)18(16)14-15-10-8-7-9-11-15/h7-11,16-17H,12-14H2,1-6H3/t16-,17-/m1/s1. The first-order valence-corrected chi connectivity index (χ1v) is 15.1. The average Bonchev–Trinajstić information content (AvgIpc) is 2.73. The van der Waals surface area contributed by atoms with Gasteiger partial charge in [-0.25, -0.2) is 0 Å². The lowest BCUT2D eigenvalue weighted by Gasteiger charge is -2.41. The van der Waals surface area contributed by atoms with E-state index in [4.69, 9.17) is 0 Å². The molecule has 1 aliphatic heterocycles. The molecule has 0 amide bonds. The summed E-state index contributed by atoms with van der Waals surface area (Å²) < 4.78 is 0. The normalized spacial score (nSPS) is 25.1. The largest absolute Gasteiger partial charge is 0.299 e. The number of likely N-dealkylation sites (tertiary alicyclic amines) is 1. The van der Waals surface area contributed by atoms with Crippen molar-refractivity contribution in [3.05, 3.63) is 35.9 Å². The van der Waals surface area contributed by atoms with Crippen molar-refractivity contribution in [2.75, 3.05) is 0 Å². The van der Waals surface area contributed by atoms with Crippen LogP contribution in [0.1, 0.15) is 18.4 Å². The van der Waals surface area contributed by atoms with Crippen LogP contribution >= 0.6 is 0 Å². The Balaban J connectivity index is 2.25. The van der Waals surface area contributed by atoms with Gasteiger partial charge in [0.1, 0.15) is 0 Å². The molecule has 2 rings (SSSR count). The smallest absolute Gasteiger partial charge is 0.0638 e. The summed E-state index contributed by atoms with van der Waals surface area (Å²) in [5, 5.41) is 0. The van der Waals surface area contributed by atoms with E-state index in [1.807, 2.05) is 0 Å². The van der Waals surface area contributed by atoms with E-state index in [9.17, 15) is 0 Å². The highest BCUT2D eigenvalue weighted by molar-refractivity contribution is 6.79. The van der Waals surface area contributed by atoms with Crippen molar-refractivity contribution in [1.82, 2.24) is 4.90 Å². The van der Waals surface area contributed by atoms with Gasteiger partial charge in [0.15, 0.2) is 0 Å². The van der Waals surface area contributed by atoms with Crippen LogP contribution in [0.3, 0.4) is 0 Å². The van der Waals surface area contributed by atoms with Gasteiger partial charge in [-0.2, -0.15) is 0 Å². The first-order chi connectivity index (χ1) is 9.19. The van der Waals surface area contributed by atoms with Crippen LogP contribution in [0.5, 0.6) is 0 Å². The van der Waals surface area contributed by atoms with E-state index in [-0.39, 0.29) is 0 Å². The van der Waals surface area contributed by atoms with Crippen molar-refractivity contribution < 1.29 is 0 Å². The summed E-state index contributed by atoms with van der Waals surface area (Å²) >= 11 is 0. The topological polar surface area (TPSA) is 3.24 Å². The van der Waals surface area contributed by atoms with Gasteiger partial charge in [0.05, 0.1) is 16.1 Å². The minimum atomic E-state index is -1.11. The molecular formula is C17H31NSi2. The van der Waals surface area contributed by atoms with Crippen LogP contribution in [-0.4, -0.2) is 32.4 Å². The number of hydrogen-bond donors (Lipinski definition) is 0. The van der Waals surface area contributed by atoms with Crippen LogP contribution in [0, 0.1) is 0 Å². The minimum Gasteiger partial charge on any atom is -0.299 e. The van der Waals surface area contributed by atoms with Gasteiger partial charge in [-0.3, -0.25) is 4.90 Å². The van der Waals surface area contributed by atoms with Gasteiger partial charge in [-0.05, 0) is 18.4 Å². The zero-order valence-corrected chi connectivity index (χ0v) is 16.1. The molecule has 0 saturated carbocycles. The van der Waals surface area contributed by atoms with Gasteiger partial charge >= 0.3 is 0 Å². The number of benzene rings is 1. The molecule has 1 nitrogen and oxygen atoms in total. The van der Waals surface area contributed by atoms with Gasteiger partial charge in [0, 0.05) is 17.9 Å². The highest BCUT2D eigenvalue weighted by atomic mass is 28.3. The Morgan fingerprint density at radius 1 is 0.850 bits per heavy atom. The second-order valence-corrected chi connectivity index (χ2v) is 19.3. The number of nitrogens with zero attached hydrogens (tertiary/aromatic N) is 1. The molecule has 1 fully saturated rings. The molecule has 0 unspecified atom stereocenters. The molecule has 0 spiro atoms. The Hall–Kier alpha value is -0.386. The summed E-state index contributed by atoms with van der Waals surface area (Å²) in [4.78, 5) is 2.90. The minimum absolute atomic E-state index is 0.861. The Kier molecular flexibility index (Phi) is 4.62. The average molecular weight is 306 g/mol. The predicted molar refractivity (Wildman–Crippen MR) is 95.5 cm³/mol. The highest BCUT2D eigenvalue weighted by Gasteiger charge is 2.45. The first kappa shape index (κ1) is 16.0. The predicted octanol–water partition coefficient (Wildman–Crippen LogP) is 4.77. The third kappa shape index (κ3) is 3.63. The summed E-state index contributed by atoms with van der Waals surface area (Å²) in [7, 11) is -2.23. The maximum Gasteiger partial charge on any atom is 0.0638 e. The van der Waals surface area contributed by atoms with Crippen molar-refractivity contribution >= 4 is 16.1 Å². The van der Waals surface area contributed by atoms with Crippen LogP contribution in [0.25, 0.3) is 0 Å². The molecular weight excluding hydrogens is 274 g/mol. The Morgan fingerprint density at radius 3 is 1.70 bits per heavy atom. The van der Waals surface area contributed by atoms with E-state index < -0.39 is 16.1 Å². The van der Waals surface area contributed by atoms with Crippen molar-refractivity contribution in [3.63, 3.8) is 0 Å². The molecule has 2 atom stereocenters. The summed E-state index contributed by atoms with van der Waals surface area (Å²) in [6, 6.07) is 11.1. The maximum absolute atomic E-state index is 2.90. The molecule has 20 heavy (non-hydrogen) atoms. The van der Waals surface area contributed by atoms with Crippen molar-refractivity contribution in [3.8, 4) is 0 Å². The fourth-order valence-corrected chi connectivity index (χ4v) is 8.49. The summed E-state index contributed by atoms with van der Waals surface area (Å²) in [6.45, 7) is 16.4. The molecule has 1 aromatic rings. The lowest BCUT2D eigenvalue weighted by molar-refractivity contribution is 0.264. The van der Waals surface area contributed by atoms with Crippen LogP contribution < -0.4 is 0 Å². The monoisotopic (exact) mass is 305 g/mol. The van der Waals surface area contributed by atoms with Gasteiger partial charge in [-0.15, -0.1) is 0 Å². The molecule has 1 heterocycles. The van der Waals surface area contributed by atoms with Crippen molar-refractivity contribution in [2.24, 2.45) is 0 Å². The number of rotatable bonds is 4. The van der Waals surface area contributed by atoms with E-state index >= 15 is 0 Å². The summed E-state index contributed by atoms with van der Waals surface area (Å²) in [5.41, 5.74) is 3.21. The quantitative estimate of drug-likeness (QED) is 0.724. The Bertz CT molecular complexity index is 409. The van der Waals surface area contributed by atoms with Gasteiger partial charge < -0.3 is 0 Å². The molecule has 0 radical (unpaired) electrons. The summed E-state index contributed by atoms with van der Waals surface area (Å²) in [6.07, 6.45) is 2.86. The lowest BCUT2D eigenvalue weighted by atomic mass is 10.2. The molecule has 1 aromatic carbocycles. The first-order valence-electron chi connectivity index (χ1n) is 7.99. The van der Waals surface area contributed by atoms with E-state index in [1.165, 1.54) is 18.4 Å². The van der Waals surface area contributed by atoms with Crippen LogP contribution in [0.15, 0.2) is 30.3 Å². The third-order valence-corrected chi connectivity index (χ3v) is 9.96. The maximum atomic E-state index is 2.90. The molecule has 0 bridgehead atoms. The highest BCUT2D eigenvalue weighted by Crippen LogP contribution is 2.36. The molecule has 0 N–H and O–H groups in total. The molecule has 1 saturated heterocycles. The fraction of sp³-hybridized carbons (Fsp3) is 0.647. The second kappa shape index (κ2) is 5.78. The fourth-order valence-electron chi connectivity index (χ4n) is 3.74. The zero-order chi connectivity index (χ0) is 15.0. The zero-order valence-electron chi connectivity index (χ0n) is 14.1. The van der Waals surface area contributed by atoms with Crippen molar-refractivity contribution in [2.45, 2.75) is 70.0 Å². The Labute approximate surface area is 127 Å². The van der Waals surface area contributed by atoms with Crippen molar-refractivity contribution in [1.29, 1.82) is 0 Å². The third-order valence-electron chi connectivity index (χ3n) is 4.72. The molecule has 3 heteroatoms. The van der Waals surface area contributed by atoms with Crippen LogP contribution in [0.2, 0.25) is 39.3 Å². The van der Waals surface area contributed by atoms with E-state index in [0.29, 0.717) is 0 Å². The molecule has 0 aromatic heterocycles. The van der Waals surface area contributed by atoms with E-state index in [0.717, 1.165) is 17.9 Å². The van der Waals surface area contributed by atoms with E-state index in [1.54, 1.807) is 0 Å². The van der Waals surface area contributed by atoms with Gasteiger partial charge in [0.25, 0.3) is 0 Å². The van der Waals surface area contributed by atoms with Gasteiger partial charge in [-0.1, -0.05) is 69.6 Å². The van der Waals surface area contributed by atoms with E-state index in [2.05, 4.69) is 74.5 Å². The molecule has 1 aliphatic rings. The van der Waals surface area contributed by atoms with Crippen LogP contribution in [-0.2, 0) is 6.54 Å².